The molecular formula is C21H27BrN4O5S. The molecule has 2 amide bonds. The van der Waals surface area contributed by atoms with Crippen molar-refractivity contribution >= 4 is 39.9 Å². The second kappa shape index (κ2) is 10.1. The van der Waals surface area contributed by atoms with Gasteiger partial charge in [-0.25, -0.2) is 9.59 Å². The van der Waals surface area contributed by atoms with Crippen molar-refractivity contribution in [2.75, 3.05) is 12.8 Å². The highest BCUT2D eigenvalue weighted by atomic mass is 79.9. The first-order chi connectivity index (χ1) is 15.1. The van der Waals surface area contributed by atoms with Crippen LogP contribution < -0.4 is 5.32 Å². The Hall–Kier alpha value is -2.27. The van der Waals surface area contributed by atoms with E-state index in [0.717, 1.165) is 5.56 Å². The molecular weight excluding hydrogens is 500 g/mol. The number of carbonyl (C=O) groups excluding carboxylic acids is 2. The summed E-state index contributed by atoms with van der Waals surface area (Å²) in [6.07, 6.45) is 1.88. The Balaban J connectivity index is 1.75. The van der Waals surface area contributed by atoms with E-state index in [4.69, 9.17) is 13.9 Å². The smallest absolute Gasteiger partial charge is 0.411 e. The number of nitrogens with zero attached hydrogens (tertiary/aromatic N) is 3. The number of benzene rings is 1. The molecule has 2 aromatic rings. The number of hydrogen-bond acceptors (Lipinski definition) is 8. The Morgan fingerprint density at radius 2 is 2.03 bits per heavy atom. The number of rotatable bonds is 5. The molecule has 1 aliphatic rings. The van der Waals surface area contributed by atoms with Gasteiger partial charge < -0.3 is 19.2 Å². The number of ether oxygens (including phenoxy) is 2. The molecule has 1 saturated heterocycles. The van der Waals surface area contributed by atoms with Gasteiger partial charge in [0, 0.05) is 15.9 Å². The first-order valence-corrected chi connectivity index (χ1v) is 12.2. The molecule has 1 aromatic carbocycles. The lowest BCUT2D eigenvalue weighted by molar-refractivity contribution is -0.00103. The predicted octanol–water partition coefficient (Wildman–Crippen LogP) is 4.89. The molecule has 0 saturated carbocycles. The summed E-state index contributed by atoms with van der Waals surface area (Å²) in [4.78, 5) is 26.6. The number of amides is 2. The summed E-state index contributed by atoms with van der Waals surface area (Å²) in [7, 11) is 0. The largest absolute Gasteiger partial charge is 0.445 e. The van der Waals surface area contributed by atoms with E-state index in [9.17, 15) is 9.59 Å². The SMILES string of the molecule is CS[C@]1(NC(=O)OCc2ccccc2)CC[C@H](c2nnc(Br)o2)N(C(=O)OC(C)(C)C)C1. The zero-order chi connectivity index (χ0) is 23.4. The minimum Gasteiger partial charge on any atom is -0.445 e. The normalized spacial score (nSPS) is 21.2. The zero-order valence-electron chi connectivity index (χ0n) is 18.5. The van der Waals surface area contributed by atoms with Crippen molar-refractivity contribution in [1.82, 2.24) is 20.4 Å². The minimum absolute atomic E-state index is 0.158. The van der Waals surface area contributed by atoms with E-state index >= 15 is 0 Å². The van der Waals surface area contributed by atoms with Crippen LogP contribution in [-0.4, -0.2) is 50.6 Å². The van der Waals surface area contributed by atoms with Gasteiger partial charge in [0.15, 0.2) is 0 Å². The molecule has 2 heterocycles. The van der Waals surface area contributed by atoms with Crippen LogP contribution in [0.15, 0.2) is 39.5 Å². The molecule has 1 N–H and O–H groups in total. The maximum atomic E-state index is 13.1. The van der Waals surface area contributed by atoms with Gasteiger partial charge in [-0.05, 0) is 45.4 Å². The van der Waals surface area contributed by atoms with Crippen molar-refractivity contribution in [2.45, 2.75) is 56.7 Å². The number of carbonyl (C=O) groups is 2. The van der Waals surface area contributed by atoms with E-state index in [-0.39, 0.29) is 18.0 Å². The lowest BCUT2D eigenvalue weighted by atomic mass is 9.97. The van der Waals surface area contributed by atoms with Gasteiger partial charge in [0.2, 0.25) is 5.89 Å². The standard InChI is InChI=1S/C21H27BrN4O5S/c1-20(2,3)31-19(28)26-13-21(32-4,11-10-15(26)16-24-25-17(22)30-16)23-18(27)29-12-14-8-6-5-7-9-14/h5-9,15H,10-13H2,1-4H3,(H,23,27)/t15-,21-/m1/s1. The van der Waals surface area contributed by atoms with Crippen LogP contribution in [0.4, 0.5) is 9.59 Å². The predicted molar refractivity (Wildman–Crippen MR) is 123 cm³/mol. The minimum atomic E-state index is -0.752. The molecule has 32 heavy (non-hydrogen) atoms. The van der Waals surface area contributed by atoms with E-state index in [2.05, 4.69) is 31.4 Å². The second-order valence-corrected chi connectivity index (χ2v) is 10.3. The van der Waals surface area contributed by atoms with Crippen molar-refractivity contribution in [1.29, 1.82) is 0 Å². The molecule has 0 bridgehead atoms. The van der Waals surface area contributed by atoms with Crippen LogP contribution in [0, 0.1) is 0 Å². The molecule has 9 nitrogen and oxygen atoms in total. The van der Waals surface area contributed by atoms with Crippen molar-refractivity contribution in [3.05, 3.63) is 46.6 Å². The number of aromatic nitrogens is 2. The summed E-state index contributed by atoms with van der Waals surface area (Å²) in [6.45, 7) is 5.75. The highest BCUT2D eigenvalue weighted by Gasteiger charge is 2.46. The Kier molecular flexibility index (Phi) is 7.71. The van der Waals surface area contributed by atoms with Crippen LogP contribution in [0.3, 0.4) is 0 Å². The van der Waals surface area contributed by atoms with Gasteiger partial charge in [-0.1, -0.05) is 30.3 Å². The third-order valence-corrected chi connectivity index (χ3v) is 6.42. The monoisotopic (exact) mass is 526 g/mol. The van der Waals surface area contributed by atoms with Gasteiger partial charge in [-0.2, -0.15) is 0 Å². The molecule has 3 rings (SSSR count). The molecule has 1 aliphatic heterocycles. The van der Waals surface area contributed by atoms with Gasteiger partial charge in [-0.15, -0.1) is 22.0 Å². The van der Waals surface area contributed by atoms with Gasteiger partial charge in [0.05, 0.1) is 6.54 Å². The van der Waals surface area contributed by atoms with E-state index in [1.54, 1.807) is 20.8 Å². The lowest BCUT2D eigenvalue weighted by Crippen LogP contribution is -2.59. The maximum Gasteiger partial charge on any atom is 0.411 e. The Labute approximate surface area is 199 Å². The Morgan fingerprint density at radius 1 is 1.31 bits per heavy atom. The lowest BCUT2D eigenvalue weighted by Gasteiger charge is -2.45. The van der Waals surface area contributed by atoms with Crippen molar-refractivity contribution < 1.29 is 23.5 Å². The van der Waals surface area contributed by atoms with Crippen molar-refractivity contribution in [3.8, 4) is 0 Å². The Bertz CT molecular complexity index is 936. The molecule has 2 atom stereocenters. The van der Waals surface area contributed by atoms with Crippen LogP contribution in [0.5, 0.6) is 0 Å². The quantitative estimate of drug-likeness (QED) is 0.548. The van der Waals surface area contributed by atoms with Gasteiger partial charge >= 0.3 is 12.2 Å². The maximum absolute atomic E-state index is 13.1. The molecule has 0 spiro atoms. The molecule has 174 valence electrons. The van der Waals surface area contributed by atoms with Crippen LogP contribution >= 0.6 is 27.7 Å². The van der Waals surface area contributed by atoms with E-state index < -0.39 is 28.7 Å². The first-order valence-electron chi connectivity index (χ1n) is 10.1. The molecule has 0 aliphatic carbocycles. The number of hydrogen-bond donors (Lipinski definition) is 1. The molecule has 11 heteroatoms. The van der Waals surface area contributed by atoms with Gasteiger partial charge in [-0.3, -0.25) is 4.90 Å². The fraction of sp³-hybridized carbons (Fsp3) is 0.524. The number of likely N-dealkylation sites (tertiary alicyclic amines) is 1. The molecule has 0 unspecified atom stereocenters. The van der Waals surface area contributed by atoms with E-state index in [0.29, 0.717) is 18.7 Å². The fourth-order valence-electron chi connectivity index (χ4n) is 3.37. The van der Waals surface area contributed by atoms with E-state index in [1.807, 2.05) is 36.6 Å². The number of nitrogens with one attached hydrogen (secondary N) is 1. The fourth-order valence-corrected chi connectivity index (χ4v) is 4.40. The van der Waals surface area contributed by atoms with Gasteiger partial charge in [0.25, 0.3) is 4.80 Å². The second-order valence-electron chi connectivity index (χ2n) is 8.44. The third-order valence-electron chi connectivity index (χ3n) is 4.89. The van der Waals surface area contributed by atoms with Crippen molar-refractivity contribution in [3.63, 3.8) is 0 Å². The van der Waals surface area contributed by atoms with Crippen LogP contribution in [0.2, 0.25) is 0 Å². The van der Waals surface area contributed by atoms with Crippen molar-refractivity contribution in [2.24, 2.45) is 0 Å². The first kappa shape index (κ1) is 24.4. The van der Waals surface area contributed by atoms with Crippen LogP contribution in [0.1, 0.15) is 51.1 Å². The molecule has 1 aromatic heterocycles. The summed E-state index contributed by atoms with van der Waals surface area (Å²) in [5, 5.41) is 10.8. The van der Waals surface area contributed by atoms with Crippen LogP contribution in [0.25, 0.3) is 0 Å². The van der Waals surface area contributed by atoms with Gasteiger partial charge in [0.1, 0.15) is 23.1 Å². The summed E-state index contributed by atoms with van der Waals surface area (Å²) in [6, 6.07) is 8.97. The Morgan fingerprint density at radius 3 is 2.62 bits per heavy atom. The number of piperidine rings is 1. The summed E-state index contributed by atoms with van der Waals surface area (Å²) in [5.41, 5.74) is 0.209. The average Bonchev–Trinajstić information content (AvgIpc) is 3.18. The summed E-state index contributed by atoms with van der Waals surface area (Å²) in [5.74, 6) is 0.309. The highest BCUT2D eigenvalue weighted by molar-refractivity contribution is 9.10. The third kappa shape index (κ3) is 6.38. The summed E-state index contributed by atoms with van der Waals surface area (Å²) >= 11 is 4.60. The highest BCUT2D eigenvalue weighted by Crippen LogP contribution is 2.40. The zero-order valence-corrected chi connectivity index (χ0v) is 20.9. The number of thioether (sulfide) groups is 1. The average molecular weight is 527 g/mol. The molecule has 0 radical (unpaired) electrons. The van der Waals surface area contributed by atoms with Crippen LogP contribution in [-0.2, 0) is 16.1 Å². The topological polar surface area (TPSA) is 107 Å². The molecule has 1 fully saturated rings. The summed E-state index contributed by atoms with van der Waals surface area (Å²) < 4.78 is 16.5. The number of alkyl carbamates (subject to hydrolysis) is 1. The number of halogens is 1. The van der Waals surface area contributed by atoms with E-state index in [1.165, 1.54) is 16.7 Å².